The number of benzene rings is 1. The van der Waals surface area contributed by atoms with Crippen LogP contribution < -0.4 is 0 Å². The van der Waals surface area contributed by atoms with Crippen molar-refractivity contribution in [2.45, 2.75) is 25.6 Å². The fraction of sp³-hybridized carbons (Fsp3) is 0.417. The topological polar surface area (TPSA) is 46.5 Å². The monoisotopic (exact) mass is 240 g/mol. The van der Waals surface area contributed by atoms with Crippen LogP contribution in [0.2, 0.25) is 5.02 Å². The molecule has 0 saturated heterocycles. The third-order valence-electron chi connectivity index (χ3n) is 2.88. The van der Waals surface area contributed by atoms with E-state index in [4.69, 9.17) is 21.4 Å². The van der Waals surface area contributed by atoms with Gasteiger partial charge in [-0.15, -0.1) is 0 Å². The van der Waals surface area contributed by atoms with Crippen LogP contribution in [0.5, 0.6) is 0 Å². The summed E-state index contributed by atoms with van der Waals surface area (Å²) in [5.74, 6) is -0.950. The highest BCUT2D eigenvalue weighted by Gasteiger charge is 2.35. The van der Waals surface area contributed by atoms with Crippen molar-refractivity contribution in [2.24, 2.45) is 5.92 Å². The maximum Gasteiger partial charge on any atom is 0.306 e. The van der Waals surface area contributed by atoms with Gasteiger partial charge in [0.25, 0.3) is 0 Å². The van der Waals surface area contributed by atoms with Crippen molar-refractivity contribution in [3.05, 3.63) is 34.9 Å². The molecule has 1 aromatic carbocycles. The van der Waals surface area contributed by atoms with Crippen molar-refractivity contribution < 1.29 is 14.6 Å². The molecule has 0 radical (unpaired) electrons. The SMILES string of the molecule is O=C(O)[C@H]1C[C@H](OCc2ccccc2Cl)C1. The number of hydrogen-bond acceptors (Lipinski definition) is 2. The van der Waals surface area contributed by atoms with Gasteiger partial charge in [-0.2, -0.15) is 0 Å². The third kappa shape index (κ3) is 2.54. The lowest BCUT2D eigenvalue weighted by Gasteiger charge is -2.32. The molecule has 0 unspecified atom stereocenters. The van der Waals surface area contributed by atoms with Gasteiger partial charge in [0.1, 0.15) is 0 Å². The average molecular weight is 241 g/mol. The number of ether oxygens (including phenoxy) is 1. The molecule has 0 atom stereocenters. The van der Waals surface area contributed by atoms with Gasteiger partial charge in [-0.3, -0.25) is 4.79 Å². The second-order valence-corrected chi connectivity index (χ2v) is 4.44. The Morgan fingerprint density at radius 3 is 2.75 bits per heavy atom. The molecule has 3 nitrogen and oxygen atoms in total. The first-order valence-electron chi connectivity index (χ1n) is 5.24. The molecular formula is C12H13ClO3. The van der Waals surface area contributed by atoms with E-state index < -0.39 is 5.97 Å². The summed E-state index contributed by atoms with van der Waals surface area (Å²) in [6, 6.07) is 7.51. The number of rotatable bonds is 4. The summed E-state index contributed by atoms with van der Waals surface area (Å²) in [5.41, 5.74) is 0.947. The highest BCUT2D eigenvalue weighted by atomic mass is 35.5. The molecule has 1 aliphatic carbocycles. The molecule has 0 bridgehead atoms. The van der Waals surface area contributed by atoms with Crippen molar-refractivity contribution in [3.63, 3.8) is 0 Å². The Labute approximate surface area is 99.0 Å². The molecule has 1 aromatic rings. The zero-order valence-electron chi connectivity index (χ0n) is 8.73. The van der Waals surface area contributed by atoms with Crippen molar-refractivity contribution in [3.8, 4) is 0 Å². The summed E-state index contributed by atoms with van der Waals surface area (Å²) < 4.78 is 5.58. The van der Waals surface area contributed by atoms with E-state index in [0.29, 0.717) is 24.5 Å². The number of aliphatic carboxylic acids is 1. The van der Waals surface area contributed by atoms with E-state index in [9.17, 15) is 4.79 Å². The Morgan fingerprint density at radius 2 is 2.12 bits per heavy atom. The van der Waals surface area contributed by atoms with Crippen molar-refractivity contribution in [1.29, 1.82) is 0 Å². The van der Waals surface area contributed by atoms with Crippen molar-refractivity contribution in [1.82, 2.24) is 0 Å². The molecule has 1 fully saturated rings. The van der Waals surface area contributed by atoms with Gasteiger partial charge in [0, 0.05) is 5.02 Å². The summed E-state index contributed by atoms with van der Waals surface area (Å²) in [7, 11) is 0. The third-order valence-corrected chi connectivity index (χ3v) is 3.25. The van der Waals surface area contributed by atoms with Crippen LogP contribution in [0.3, 0.4) is 0 Å². The Morgan fingerprint density at radius 1 is 1.44 bits per heavy atom. The van der Waals surface area contributed by atoms with Crippen LogP contribution in [-0.2, 0) is 16.1 Å². The van der Waals surface area contributed by atoms with Gasteiger partial charge in [0.05, 0.1) is 18.6 Å². The molecule has 16 heavy (non-hydrogen) atoms. The summed E-state index contributed by atoms with van der Waals surface area (Å²) >= 11 is 5.97. The quantitative estimate of drug-likeness (QED) is 0.880. The number of carbonyl (C=O) groups is 1. The number of carboxylic acid groups (broad SMARTS) is 1. The van der Waals surface area contributed by atoms with Crippen LogP contribution in [0, 0.1) is 5.92 Å². The molecule has 0 heterocycles. The van der Waals surface area contributed by atoms with E-state index in [0.717, 1.165) is 5.56 Å². The Hall–Kier alpha value is -1.06. The number of carboxylic acids is 1. The van der Waals surface area contributed by atoms with Crippen LogP contribution in [0.4, 0.5) is 0 Å². The molecule has 0 amide bonds. The molecule has 1 aliphatic rings. The van der Waals surface area contributed by atoms with Crippen LogP contribution in [0.25, 0.3) is 0 Å². The maximum absolute atomic E-state index is 10.6. The lowest BCUT2D eigenvalue weighted by atomic mass is 9.82. The van der Waals surface area contributed by atoms with Crippen molar-refractivity contribution >= 4 is 17.6 Å². The largest absolute Gasteiger partial charge is 0.481 e. The van der Waals surface area contributed by atoms with Gasteiger partial charge in [0.2, 0.25) is 0 Å². The van der Waals surface area contributed by atoms with Gasteiger partial charge in [-0.25, -0.2) is 0 Å². The average Bonchev–Trinajstić information content (AvgIpc) is 2.17. The minimum atomic E-state index is -0.724. The predicted molar refractivity (Wildman–Crippen MR) is 60.4 cm³/mol. The Bertz CT molecular complexity index is 386. The van der Waals surface area contributed by atoms with Gasteiger partial charge >= 0.3 is 5.97 Å². The maximum atomic E-state index is 10.6. The van der Waals surface area contributed by atoms with E-state index >= 15 is 0 Å². The normalized spacial score (nSPS) is 23.8. The van der Waals surface area contributed by atoms with Crippen molar-refractivity contribution in [2.75, 3.05) is 0 Å². The summed E-state index contributed by atoms with van der Waals surface area (Å²) in [6.07, 6.45) is 1.29. The first-order chi connectivity index (χ1) is 7.66. The smallest absolute Gasteiger partial charge is 0.306 e. The summed E-state index contributed by atoms with van der Waals surface area (Å²) in [5, 5.41) is 9.40. The zero-order valence-corrected chi connectivity index (χ0v) is 9.48. The lowest BCUT2D eigenvalue weighted by molar-refractivity contribution is -0.151. The minimum Gasteiger partial charge on any atom is -0.481 e. The van der Waals surface area contributed by atoms with Crippen LogP contribution >= 0.6 is 11.6 Å². The van der Waals surface area contributed by atoms with E-state index in [1.807, 2.05) is 24.3 Å². The fourth-order valence-corrected chi connectivity index (χ4v) is 1.92. The molecule has 0 spiro atoms. The standard InChI is InChI=1S/C12H13ClO3/c13-11-4-2-1-3-8(11)7-16-10-5-9(6-10)12(14)15/h1-4,9-10H,5-7H2,(H,14,15)/t9-,10-. The number of halogens is 1. The van der Waals surface area contributed by atoms with Gasteiger partial charge in [-0.1, -0.05) is 29.8 Å². The molecule has 4 heteroatoms. The molecular weight excluding hydrogens is 228 g/mol. The molecule has 2 rings (SSSR count). The van der Waals surface area contributed by atoms with Crippen LogP contribution in [0.15, 0.2) is 24.3 Å². The van der Waals surface area contributed by atoms with E-state index in [1.54, 1.807) is 0 Å². The lowest BCUT2D eigenvalue weighted by Crippen LogP contribution is -2.36. The van der Waals surface area contributed by atoms with E-state index in [-0.39, 0.29) is 12.0 Å². The molecule has 1 saturated carbocycles. The first-order valence-corrected chi connectivity index (χ1v) is 5.62. The summed E-state index contributed by atoms with van der Waals surface area (Å²) in [4.78, 5) is 10.6. The predicted octanol–water partition coefficient (Wildman–Crippen LogP) is 2.72. The first kappa shape index (κ1) is 11.4. The minimum absolute atomic E-state index is 0.0670. The molecule has 0 aromatic heterocycles. The number of hydrogen-bond donors (Lipinski definition) is 1. The zero-order chi connectivity index (χ0) is 11.5. The summed E-state index contributed by atoms with van der Waals surface area (Å²) in [6.45, 7) is 0.455. The van der Waals surface area contributed by atoms with Gasteiger partial charge in [0.15, 0.2) is 0 Å². The van der Waals surface area contributed by atoms with Crippen LogP contribution in [-0.4, -0.2) is 17.2 Å². The van der Waals surface area contributed by atoms with E-state index in [1.165, 1.54) is 0 Å². The molecule has 86 valence electrons. The second kappa shape index (κ2) is 4.85. The molecule has 1 N–H and O–H groups in total. The van der Waals surface area contributed by atoms with Crippen LogP contribution in [0.1, 0.15) is 18.4 Å². The Kier molecular flexibility index (Phi) is 3.46. The highest BCUT2D eigenvalue weighted by molar-refractivity contribution is 6.31. The highest BCUT2D eigenvalue weighted by Crippen LogP contribution is 2.31. The second-order valence-electron chi connectivity index (χ2n) is 4.03. The fourth-order valence-electron chi connectivity index (χ4n) is 1.73. The van der Waals surface area contributed by atoms with E-state index in [2.05, 4.69) is 0 Å². The van der Waals surface area contributed by atoms with Gasteiger partial charge in [-0.05, 0) is 24.5 Å². The molecule has 0 aliphatic heterocycles. The Balaban J connectivity index is 1.78. The van der Waals surface area contributed by atoms with Gasteiger partial charge < -0.3 is 9.84 Å².